The van der Waals surface area contributed by atoms with Crippen LogP contribution in [-0.4, -0.2) is 17.6 Å². The smallest absolute Gasteiger partial charge is 0.256 e. The van der Waals surface area contributed by atoms with E-state index in [1.807, 2.05) is 0 Å². The fraction of sp³-hybridized carbons (Fsp3) is 0.125. The Balaban J connectivity index is 2.20. The highest BCUT2D eigenvalue weighted by molar-refractivity contribution is 8.00. The van der Waals surface area contributed by atoms with Gasteiger partial charge in [-0.05, 0) is 42.8 Å². The molecule has 2 aromatic carbocycles. The SMILES string of the molecule is Cc1cc(F)ccc1NC(=O)c1ccccc1SCC(N)=O. The largest absolute Gasteiger partial charge is 0.369 e. The van der Waals surface area contributed by atoms with E-state index < -0.39 is 5.91 Å². The van der Waals surface area contributed by atoms with Crippen LogP contribution in [0, 0.1) is 12.7 Å². The van der Waals surface area contributed by atoms with Crippen molar-refractivity contribution in [2.24, 2.45) is 5.73 Å². The number of thioether (sulfide) groups is 1. The number of hydrogen-bond donors (Lipinski definition) is 2. The first kappa shape index (κ1) is 16.0. The van der Waals surface area contributed by atoms with E-state index >= 15 is 0 Å². The lowest BCUT2D eigenvalue weighted by Gasteiger charge is -2.11. The molecule has 0 aliphatic rings. The van der Waals surface area contributed by atoms with E-state index in [1.165, 1.54) is 30.0 Å². The van der Waals surface area contributed by atoms with Crippen molar-refractivity contribution < 1.29 is 14.0 Å². The highest BCUT2D eigenvalue weighted by Gasteiger charge is 2.13. The predicted molar refractivity (Wildman–Crippen MR) is 85.5 cm³/mol. The van der Waals surface area contributed by atoms with Gasteiger partial charge in [0.25, 0.3) is 5.91 Å². The van der Waals surface area contributed by atoms with Crippen LogP contribution in [0.4, 0.5) is 10.1 Å². The number of carbonyl (C=O) groups is 2. The Morgan fingerprint density at radius 3 is 2.64 bits per heavy atom. The molecule has 2 aromatic rings. The van der Waals surface area contributed by atoms with Crippen molar-refractivity contribution in [2.75, 3.05) is 11.1 Å². The van der Waals surface area contributed by atoms with Crippen molar-refractivity contribution in [3.8, 4) is 0 Å². The van der Waals surface area contributed by atoms with Crippen LogP contribution in [0.2, 0.25) is 0 Å². The fourth-order valence-electron chi connectivity index (χ4n) is 1.89. The molecular formula is C16H15FN2O2S. The number of nitrogens with one attached hydrogen (secondary N) is 1. The zero-order chi connectivity index (χ0) is 16.1. The molecule has 0 radical (unpaired) electrons. The van der Waals surface area contributed by atoms with Gasteiger partial charge in [0.15, 0.2) is 0 Å². The van der Waals surface area contributed by atoms with E-state index in [9.17, 15) is 14.0 Å². The zero-order valence-corrected chi connectivity index (χ0v) is 12.7. The lowest BCUT2D eigenvalue weighted by atomic mass is 10.1. The molecular weight excluding hydrogens is 303 g/mol. The molecule has 0 bridgehead atoms. The Morgan fingerprint density at radius 2 is 1.95 bits per heavy atom. The van der Waals surface area contributed by atoms with Crippen molar-refractivity contribution >= 4 is 29.3 Å². The van der Waals surface area contributed by atoms with Crippen LogP contribution in [0.3, 0.4) is 0 Å². The number of rotatable bonds is 5. The van der Waals surface area contributed by atoms with Crippen LogP contribution in [0.25, 0.3) is 0 Å². The molecule has 0 aliphatic heterocycles. The first-order valence-corrected chi connectivity index (χ1v) is 7.53. The Hall–Kier alpha value is -2.34. The normalized spacial score (nSPS) is 10.3. The molecule has 0 saturated carbocycles. The van der Waals surface area contributed by atoms with E-state index in [2.05, 4.69) is 5.32 Å². The van der Waals surface area contributed by atoms with Gasteiger partial charge >= 0.3 is 0 Å². The lowest BCUT2D eigenvalue weighted by Crippen LogP contribution is -2.16. The second kappa shape index (κ2) is 7.09. The second-order valence-corrected chi connectivity index (χ2v) is 5.68. The molecule has 0 aromatic heterocycles. The summed E-state index contributed by atoms with van der Waals surface area (Å²) in [6, 6.07) is 11.1. The van der Waals surface area contributed by atoms with Gasteiger partial charge in [0.05, 0.1) is 11.3 Å². The maximum Gasteiger partial charge on any atom is 0.256 e. The second-order valence-electron chi connectivity index (χ2n) is 4.66. The van der Waals surface area contributed by atoms with Gasteiger partial charge in [-0.15, -0.1) is 11.8 Å². The molecule has 0 atom stereocenters. The van der Waals surface area contributed by atoms with Crippen molar-refractivity contribution in [3.05, 3.63) is 59.4 Å². The average Bonchev–Trinajstić information content (AvgIpc) is 2.48. The molecule has 0 heterocycles. The number of nitrogens with two attached hydrogens (primary N) is 1. The van der Waals surface area contributed by atoms with Crippen LogP contribution in [0.1, 0.15) is 15.9 Å². The van der Waals surface area contributed by atoms with E-state index in [-0.39, 0.29) is 17.5 Å². The van der Waals surface area contributed by atoms with Crippen LogP contribution >= 0.6 is 11.8 Å². The molecule has 6 heteroatoms. The number of amides is 2. The van der Waals surface area contributed by atoms with Gasteiger partial charge in [0.1, 0.15) is 5.82 Å². The van der Waals surface area contributed by atoms with Crippen LogP contribution in [-0.2, 0) is 4.79 Å². The summed E-state index contributed by atoms with van der Waals surface area (Å²) >= 11 is 1.21. The number of hydrogen-bond acceptors (Lipinski definition) is 3. The molecule has 0 unspecified atom stereocenters. The van der Waals surface area contributed by atoms with E-state index in [0.717, 1.165) is 0 Å². The Labute approximate surface area is 131 Å². The topological polar surface area (TPSA) is 72.2 Å². The van der Waals surface area contributed by atoms with Crippen molar-refractivity contribution in [1.82, 2.24) is 0 Å². The monoisotopic (exact) mass is 318 g/mol. The van der Waals surface area contributed by atoms with Gasteiger partial charge in [-0.2, -0.15) is 0 Å². The molecule has 22 heavy (non-hydrogen) atoms. The number of anilines is 1. The summed E-state index contributed by atoms with van der Waals surface area (Å²) in [6.07, 6.45) is 0. The maximum absolute atomic E-state index is 13.1. The molecule has 0 spiro atoms. The number of primary amides is 1. The Morgan fingerprint density at radius 1 is 1.23 bits per heavy atom. The molecule has 0 saturated heterocycles. The Bertz CT molecular complexity index is 719. The molecule has 4 nitrogen and oxygen atoms in total. The van der Waals surface area contributed by atoms with E-state index in [0.29, 0.717) is 21.7 Å². The van der Waals surface area contributed by atoms with Gasteiger partial charge in [-0.1, -0.05) is 12.1 Å². The van der Waals surface area contributed by atoms with Gasteiger partial charge < -0.3 is 11.1 Å². The molecule has 114 valence electrons. The highest BCUT2D eigenvalue weighted by atomic mass is 32.2. The molecule has 2 amide bonds. The van der Waals surface area contributed by atoms with Crippen molar-refractivity contribution in [2.45, 2.75) is 11.8 Å². The third-order valence-corrected chi connectivity index (χ3v) is 4.03. The van der Waals surface area contributed by atoms with E-state index in [4.69, 9.17) is 5.73 Å². The van der Waals surface area contributed by atoms with Gasteiger partial charge in [-0.3, -0.25) is 9.59 Å². The summed E-state index contributed by atoms with van der Waals surface area (Å²) in [5, 5.41) is 2.75. The summed E-state index contributed by atoms with van der Waals surface area (Å²) in [5.41, 5.74) is 6.75. The van der Waals surface area contributed by atoms with Crippen LogP contribution < -0.4 is 11.1 Å². The fourth-order valence-corrected chi connectivity index (χ4v) is 2.67. The number of carbonyl (C=O) groups excluding carboxylic acids is 2. The van der Waals surface area contributed by atoms with Crippen LogP contribution in [0.5, 0.6) is 0 Å². The summed E-state index contributed by atoms with van der Waals surface area (Å²) < 4.78 is 13.1. The minimum Gasteiger partial charge on any atom is -0.369 e. The summed E-state index contributed by atoms with van der Waals surface area (Å²) in [7, 11) is 0. The summed E-state index contributed by atoms with van der Waals surface area (Å²) in [6.45, 7) is 1.71. The third kappa shape index (κ3) is 4.08. The van der Waals surface area contributed by atoms with Gasteiger partial charge in [-0.25, -0.2) is 4.39 Å². The minimum absolute atomic E-state index is 0.0971. The first-order valence-electron chi connectivity index (χ1n) is 6.55. The quantitative estimate of drug-likeness (QED) is 0.833. The Kier molecular flexibility index (Phi) is 5.16. The molecule has 2 rings (SSSR count). The first-order chi connectivity index (χ1) is 10.5. The predicted octanol–water partition coefficient (Wildman–Crippen LogP) is 2.96. The minimum atomic E-state index is -0.449. The van der Waals surface area contributed by atoms with Crippen molar-refractivity contribution in [1.29, 1.82) is 0 Å². The average molecular weight is 318 g/mol. The zero-order valence-electron chi connectivity index (χ0n) is 11.9. The van der Waals surface area contributed by atoms with Crippen molar-refractivity contribution in [3.63, 3.8) is 0 Å². The number of halogens is 1. The highest BCUT2D eigenvalue weighted by Crippen LogP contribution is 2.24. The third-order valence-electron chi connectivity index (χ3n) is 2.94. The molecule has 0 aliphatic carbocycles. The summed E-state index contributed by atoms with van der Waals surface area (Å²) in [5.74, 6) is -1.02. The number of benzene rings is 2. The van der Waals surface area contributed by atoms with Gasteiger partial charge in [0, 0.05) is 10.6 Å². The van der Waals surface area contributed by atoms with Crippen LogP contribution in [0.15, 0.2) is 47.4 Å². The van der Waals surface area contributed by atoms with E-state index in [1.54, 1.807) is 31.2 Å². The molecule has 0 fully saturated rings. The lowest BCUT2D eigenvalue weighted by molar-refractivity contribution is -0.115. The summed E-state index contributed by atoms with van der Waals surface area (Å²) in [4.78, 5) is 23.9. The number of aryl methyl sites for hydroxylation is 1. The van der Waals surface area contributed by atoms with Gasteiger partial charge in [0.2, 0.25) is 5.91 Å². The standard InChI is InChI=1S/C16H15FN2O2S/c1-10-8-11(17)6-7-13(10)19-16(21)12-4-2-3-5-14(12)22-9-15(18)20/h2-8H,9H2,1H3,(H2,18,20)(H,19,21). The molecule has 3 N–H and O–H groups in total. The maximum atomic E-state index is 13.1.